The fourth-order valence-electron chi connectivity index (χ4n) is 5.05. The van der Waals surface area contributed by atoms with Gasteiger partial charge in [0.25, 0.3) is 11.7 Å². The van der Waals surface area contributed by atoms with Crippen LogP contribution in [-0.4, -0.2) is 70.4 Å². The summed E-state index contributed by atoms with van der Waals surface area (Å²) < 4.78 is 4.59. The highest BCUT2D eigenvalue weighted by Crippen LogP contribution is 2.44. The number of likely N-dealkylation sites (tertiary alicyclic amines) is 1. The normalized spacial score (nSPS) is 23.6. The number of amides is 4. The van der Waals surface area contributed by atoms with Gasteiger partial charge in [-0.1, -0.05) is 30.8 Å². The summed E-state index contributed by atoms with van der Waals surface area (Å²) >= 11 is 0. The predicted octanol–water partition coefficient (Wildman–Crippen LogP) is 1.86. The van der Waals surface area contributed by atoms with Gasteiger partial charge in [-0.05, 0) is 6.42 Å². The summed E-state index contributed by atoms with van der Waals surface area (Å²) in [5, 5.41) is 1.16. The van der Waals surface area contributed by atoms with E-state index in [9.17, 15) is 19.2 Å². The molecule has 5 rings (SSSR count). The molecule has 0 spiro atoms. The summed E-state index contributed by atoms with van der Waals surface area (Å²) in [6.45, 7) is 7.66. The Morgan fingerprint density at radius 1 is 1.22 bits per heavy atom. The molecule has 10 nitrogen and oxygen atoms in total. The van der Waals surface area contributed by atoms with Crippen LogP contribution in [0.1, 0.15) is 19.3 Å². The number of urea groups is 1. The summed E-state index contributed by atoms with van der Waals surface area (Å²) in [5.74, 6) is -0.901. The number of carbonyl (C=O) groups excluding carboxylic acids is 4. The van der Waals surface area contributed by atoms with Crippen molar-refractivity contribution in [1.29, 1.82) is 0 Å². The monoisotopic (exact) mass is 433 g/mol. The van der Waals surface area contributed by atoms with Crippen LogP contribution in [0.25, 0.3) is 15.6 Å². The number of carbonyl (C=O) groups is 4. The molecule has 0 N–H and O–H groups in total. The molecule has 162 valence electrons. The number of benzene rings is 1. The Morgan fingerprint density at radius 3 is 2.69 bits per heavy atom. The molecule has 2 aromatic rings. The van der Waals surface area contributed by atoms with E-state index in [2.05, 4.69) is 14.6 Å². The number of fused-ring (bicyclic) bond motifs is 6. The van der Waals surface area contributed by atoms with E-state index in [1.54, 1.807) is 34.1 Å². The fourth-order valence-corrected chi connectivity index (χ4v) is 5.05. The number of methoxy groups -OCH3 is 1. The minimum absolute atomic E-state index is 0.00110. The van der Waals surface area contributed by atoms with Crippen LogP contribution in [-0.2, 0) is 19.1 Å². The predicted molar refractivity (Wildman–Crippen MR) is 112 cm³/mol. The molecule has 4 amide bonds. The number of esters is 1. The minimum Gasteiger partial charge on any atom is -0.469 e. The molecule has 0 radical (unpaired) electrons. The Balaban J connectivity index is 1.45. The first-order valence-corrected chi connectivity index (χ1v) is 10.2. The zero-order chi connectivity index (χ0) is 22.6. The van der Waals surface area contributed by atoms with Crippen molar-refractivity contribution in [1.82, 2.24) is 14.8 Å². The van der Waals surface area contributed by atoms with E-state index >= 15 is 0 Å². The summed E-state index contributed by atoms with van der Waals surface area (Å²) in [4.78, 5) is 62.7. The van der Waals surface area contributed by atoms with E-state index < -0.39 is 30.0 Å². The second kappa shape index (κ2) is 7.30. The average Bonchev–Trinajstić information content (AvgIpc) is 3.48. The summed E-state index contributed by atoms with van der Waals surface area (Å²) in [6.07, 6.45) is 1.90. The first-order chi connectivity index (χ1) is 15.5. The fraction of sp³-hybridized carbons (Fsp3) is 0.364. The Labute approximate surface area is 183 Å². The van der Waals surface area contributed by atoms with Crippen molar-refractivity contribution in [3.8, 4) is 0 Å². The number of rotatable bonds is 4. The maximum atomic E-state index is 13.4. The summed E-state index contributed by atoms with van der Waals surface area (Å²) in [5.41, 5.74) is 0.334. The van der Waals surface area contributed by atoms with Crippen LogP contribution in [0.3, 0.4) is 0 Å². The molecule has 3 aliphatic heterocycles. The molecule has 3 fully saturated rings. The zero-order valence-electron chi connectivity index (χ0n) is 17.2. The summed E-state index contributed by atoms with van der Waals surface area (Å²) in [6, 6.07) is 5.16. The molecule has 2 bridgehead atoms. The van der Waals surface area contributed by atoms with Crippen molar-refractivity contribution < 1.29 is 23.9 Å². The molecular formula is C22H19N5O5. The van der Waals surface area contributed by atoms with E-state index in [1.807, 2.05) is 0 Å². The first kappa shape index (κ1) is 19.9. The van der Waals surface area contributed by atoms with Gasteiger partial charge in [0.15, 0.2) is 0 Å². The van der Waals surface area contributed by atoms with E-state index in [1.165, 1.54) is 13.3 Å². The first-order valence-electron chi connectivity index (χ1n) is 10.2. The number of pyridine rings is 1. The highest BCUT2D eigenvalue weighted by Gasteiger charge is 2.63. The second-order valence-corrected chi connectivity index (χ2v) is 8.01. The number of nitrogens with zero attached hydrogens (tertiary/aromatic N) is 5. The van der Waals surface area contributed by atoms with Gasteiger partial charge in [-0.25, -0.2) is 9.69 Å². The molecule has 10 heteroatoms. The minimum atomic E-state index is -0.761. The van der Waals surface area contributed by atoms with Crippen molar-refractivity contribution in [3.05, 3.63) is 41.9 Å². The van der Waals surface area contributed by atoms with Gasteiger partial charge < -0.3 is 19.4 Å². The highest BCUT2D eigenvalue weighted by atomic mass is 16.5. The number of hydrogen-bond acceptors (Lipinski definition) is 6. The smallest absolute Gasteiger partial charge is 0.332 e. The molecule has 1 aromatic heterocycles. The van der Waals surface area contributed by atoms with Gasteiger partial charge in [0.2, 0.25) is 5.91 Å². The Hall–Kier alpha value is -4.00. The molecule has 0 saturated carbocycles. The van der Waals surface area contributed by atoms with Gasteiger partial charge in [0.05, 0.1) is 25.6 Å². The van der Waals surface area contributed by atoms with Crippen molar-refractivity contribution in [2.24, 2.45) is 0 Å². The largest absolute Gasteiger partial charge is 0.469 e. The molecule has 3 saturated heterocycles. The quantitative estimate of drug-likeness (QED) is 0.414. The van der Waals surface area contributed by atoms with Crippen LogP contribution in [0, 0.1) is 6.57 Å². The van der Waals surface area contributed by atoms with E-state index in [0.29, 0.717) is 29.4 Å². The number of imide groups is 1. The molecule has 3 aliphatic rings. The molecule has 2 unspecified atom stereocenters. The van der Waals surface area contributed by atoms with Crippen molar-refractivity contribution >= 4 is 46.1 Å². The highest BCUT2D eigenvalue weighted by molar-refractivity contribution is 6.25. The van der Waals surface area contributed by atoms with Gasteiger partial charge >= 0.3 is 12.0 Å². The van der Waals surface area contributed by atoms with Gasteiger partial charge in [0.1, 0.15) is 17.9 Å². The van der Waals surface area contributed by atoms with E-state index in [4.69, 9.17) is 6.57 Å². The third kappa shape index (κ3) is 2.74. The maximum absolute atomic E-state index is 13.4. The van der Waals surface area contributed by atoms with Crippen LogP contribution in [0.4, 0.5) is 16.3 Å². The Bertz CT molecular complexity index is 1220. The van der Waals surface area contributed by atoms with Crippen molar-refractivity contribution in [2.45, 2.75) is 37.4 Å². The van der Waals surface area contributed by atoms with Gasteiger partial charge in [-0.15, -0.1) is 4.98 Å². The van der Waals surface area contributed by atoms with Crippen LogP contribution in [0.2, 0.25) is 0 Å². The third-order valence-electron chi connectivity index (χ3n) is 6.46. The number of hydrogen-bond donors (Lipinski definition) is 0. The van der Waals surface area contributed by atoms with Crippen LogP contribution in [0.15, 0.2) is 30.5 Å². The van der Waals surface area contributed by atoms with Crippen molar-refractivity contribution in [2.75, 3.05) is 18.6 Å². The van der Waals surface area contributed by atoms with E-state index in [0.717, 1.165) is 4.90 Å². The third-order valence-corrected chi connectivity index (χ3v) is 6.46. The molecule has 32 heavy (non-hydrogen) atoms. The van der Waals surface area contributed by atoms with Gasteiger partial charge in [-0.2, -0.15) is 0 Å². The summed E-state index contributed by atoms with van der Waals surface area (Å²) in [7, 11) is 1.27. The second-order valence-electron chi connectivity index (χ2n) is 8.01. The lowest BCUT2D eigenvalue weighted by Crippen LogP contribution is -2.54. The number of anilines is 1. The van der Waals surface area contributed by atoms with Crippen LogP contribution >= 0.6 is 0 Å². The molecular weight excluding hydrogens is 414 g/mol. The van der Waals surface area contributed by atoms with Crippen molar-refractivity contribution in [3.63, 3.8) is 0 Å². The molecule has 3 atom stereocenters. The molecule has 4 heterocycles. The topological polar surface area (TPSA) is 104 Å². The van der Waals surface area contributed by atoms with Gasteiger partial charge in [-0.3, -0.25) is 14.4 Å². The lowest BCUT2D eigenvalue weighted by molar-refractivity contribution is -0.144. The zero-order valence-corrected chi connectivity index (χ0v) is 17.2. The standard InChI is InChI=1S/C22H19N5O5/c1-23-20-14-6-4-3-5-13(14)16(10-24-20)27-21(30)19-15-9-12(26(19)22(27)31)11-25(15)17(28)7-8-18(29)32-2/h3-6,10,12,15,19H,7-9,11H2,2H3/t12?,15?,19-/m1/s1. The van der Waals surface area contributed by atoms with E-state index in [-0.39, 0.29) is 30.6 Å². The average molecular weight is 433 g/mol. The lowest BCUT2D eigenvalue weighted by atomic mass is 10.1. The molecule has 0 aliphatic carbocycles. The van der Waals surface area contributed by atoms with Crippen LogP contribution in [0.5, 0.6) is 0 Å². The molecule has 1 aromatic carbocycles. The Kier molecular flexibility index (Phi) is 4.55. The SMILES string of the molecule is [C-]#[N+]c1ncc(N2C(=O)[C@H]3C4CC(CN4C(=O)CCC(=O)OC)N3C2=O)c2ccccc12. The lowest BCUT2D eigenvalue weighted by Gasteiger charge is -2.34. The maximum Gasteiger partial charge on any atom is 0.332 e. The van der Waals surface area contributed by atoms with Crippen LogP contribution < -0.4 is 4.90 Å². The Morgan fingerprint density at radius 2 is 1.97 bits per heavy atom. The van der Waals surface area contributed by atoms with Gasteiger partial charge in [0, 0.05) is 23.7 Å². The number of aromatic nitrogens is 1. The number of ether oxygens (including phenoxy) is 1. The number of piperazine rings is 1.